The van der Waals surface area contributed by atoms with E-state index < -0.39 is 8.60 Å². The van der Waals surface area contributed by atoms with Crippen LogP contribution in [0.15, 0.2) is 112 Å². The first kappa shape index (κ1) is 25.5. The summed E-state index contributed by atoms with van der Waals surface area (Å²) in [4.78, 5) is 12.8. The van der Waals surface area contributed by atoms with Gasteiger partial charge in [-0.1, -0.05) is 60.7 Å². The topological polar surface area (TPSA) is 87.4 Å². The van der Waals surface area contributed by atoms with Crippen molar-refractivity contribution in [2.75, 3.05) is 7.11 Å². The Hall–Kier alpha value is -4.16. The molecule has 0 saturated heterocycles. The van der Waals surface area contributed by atoms with Crippen LogP contribution in [0.25, 0.3) is 22.3 Å². The third-order valence-electron chi connectivity index (χ3n) is 5.70. The van der Waals surface area contributed by atoms with Gasteiger partial charge in [-0.25, -0.2) is 0 Å². The molecule has 8 heteroatoms. The predicted octanol–water partition coefficient (Wildman–Crippen LogP) is 7.21. The molecule has 4 aromatic carbocycles. The average Bonchev–Trinajstić information content (AvgIpc) is 2.95. The Balaban J connectivity index is 1.42. The number of fused-ring (bicyclic) bond motifs is 1. The normalized spacial score (nSPS) is 11.1. The first-order chi connectivity index (χ1) is 18.6. The van der Waals surface area contributed by atoms with Crippen LogP contribution in [0.4, 0.5) is 0 Å². The van der Waals surface area contributed by atoms with Crippen molar-refractivity contribution >= 4 is 19.6 Å². The minimum absolute atomic E-state index is 0.0642. The number of rotatable bonds is 10. The van der Waals surface area contributed by atoms with Gasteiger partial charge < -0.3 is 18.8 Å². The standard InChI is InChI=1S/C30H25O7P/c1-33-24-14-12-23(13-15-24)28-18-27(32)30-26(31)16-25(17-29(30)36-28)37-38(34-19-21-8-4-2-5-9-21)35-20-22-10-6-3-7-11-22/h2-18,31H,19-20H2,1H3. The Morgan fingerprint density at radius 3 is 1.95 bits per heavy atom. The summed E-state index contributed by atoms with van der Waals surface area (Å²) in [6.07, 6.45) is 0. The van der Waals surface area contributed by atoms with Gasteiger partial charge >= 0.3 is 8.60 Å². The maximum Gasteiger partial charge on any atom is 0.397 e. The highest BCUT2D eigenvalue weighted by molar-refractivity contribution is 7.42. The summed E-state index contributed by atoms with van der Waals surface area (Å²) in [6, 6.07) is 30.7. The SMILES string of the molecule is COc1ccc(-c2cc(=O)c3c(O)cc(OP(OCc4ccccc4)OCc4ccccc4)cc3o2)cc1. The maximum absolute atomic E-state index is 12.8. The van der Waals surface area contributed by atoms with E-state index in [-0.39, 0.29) is 41.1 Å². The molecule has 1 N–H and O–H groups in total. The van der Waals surface area contributed by atoms with Crippen molar-refractivity contribution in [3.8, 4) is 28.6 Å². The fraction of sp³-hybridized carbons (Fsp3) is 0.100. The van der Waals surface area contributed by atoms with Crippen molar-refractivity contribution in [1.82, 2.24) is 0 Å². The molecule has 7 nitrogen and oxygen atoms in total. The largest absolute Gasteiger partial charge is 0.507 e. The quantitative estimate of drug-likeness (QED) is 0.192. The number of aromatic hydroxyl groups is 1. The van der Waals surface area contributed by atoms with Crippen LogP contribution in [0.1, 0.15) is 11.1 Å². The molecule has 0 spiro atoms. The minimum atomic E-state index is -1.86. The van der Waals surface area contributed by atoms with Crippen molar-refractivity contribution in [3.05, 3.63) is 124 Å². The maximum atomic E-state index is 12.8. The van der Waals surface area contributed by atoms with Crippen LogP contribution in [-0.4, -0.2) is 12.2 Å². The summed E-state index contributed by atoms with van der Waals surface area (Å²) >= 11 is 0. The number of phenolic OH excluding ortho intramolecular Hbond substituents is 1. The van der Waals surface area contributed by atoms with Crippen LogP contribution in [0.5, 0.6) is 17.2 Å². The van der Waals surface area contributed by atoms with Gasteiger partial charge in [-0.15, -0.1) is 0 Å². The van der Waals surface area contributed by atoms with E-state index >= 15 is 0 Å². The lowest BCUT2D eigenvalue weighted by Crippen LogP contribution is -2.02. The molecule has 0 aliphatic heterocycles. The first-order valence-corrected chi connectivity index (χ1v) is 13.0. The molecule has 0 bridgehead atoms. The number of phenols is 1. The highest BCUT2D eigenvalue weighted by Gasteiger charge is 2.19. The molecule has 1 heterocycles. The molecule has 5 rings (SSSR count). The summed E-state index contributed by atoms with van der Waals surface area (Å²) in [7, 11) is -0.281. The van der Waals surface area contributed by atoms with E-state index in [2.05, 4.69) is 0 Å². The number of methoxy groups -OCH3 is 1. The zero-order valence-corrected chi connectivity index (χ0v) is 21.5. The molecule has 0 amide bonds. The lowest BCUT2D eigenvalue weighted by Gasteiger charge is -2.18. The Labute approximate surface area is 220 Å². The van der Waals surface area contributed by atoms with Crippen LogP contribution in [0, 0.1) is 0 Å². The lowest BCUT2D eigenvalue weighted by molar-refractivity contribution is 0.192. The summed E-state index contributed by atoms with van der Waals surface area (Å²) in [6.45, 7) is 0.551. The number of benzene rings is 4. The van der Waals surface area contributed by atoms with Crippen molar-refractivity contribution in [2.24, 2.45) is 0 Å². The molecule has 0 aliphatic rings. The van der Waals surface area contributed by atoms with Crippen molar-refractivity contribution in [1.29, 1.82) is 0 Å². The Morgan fingerprint density at radius 2 is 1.37 bits per heavy atom. The van der Waals surface area contributed by atoms with Gasteiger partial charge in [0.1, 0.15) is 34.0 Å². The molecular formula is C30H25O7P. The second-order valence-corrected chi connectivity index (χ2v) is 9.50. The van der Waals surface area contributed by atoms with Crippen LogP contribution in [-0.2, 0) is 22.3 Å². The molecule has 0 radical (unpaired) electrons. The van der Waals surface area contributed by atoms with E-state index in [9.17, 15) is 9.90 Å². The zero-order valence-electron chi connectivity index (χ0n) is 20.6. The van der Waals surface area contributed by atoms with Gasteiger partial charge in [0.25, 0.3) is 0 Å². The fourth-order valence-electron chi connectivity index (χ4n) is 3.77. The summed E-state index contributed by atoms with van der Waals surface area (Å²) in [5, 5.41) is 10.7. The summed E-state index contributed by atoms with van der Waals surface area (Å²) < 4.78 is 29.2. The second-order valence-electron chi connectivity index (χ2n) is 8.35. The van der Waals surface area contributed by atoms with Crippen LogP contribution in [0.2, 0.25) is 0 Å². The van der Waals surface area contributed by atoms with Gasteiger partial charge in [-0.2, -0.15) is 0 Å². The average molecular weight is 528 g/mol. The number of hydrogen-bond donors (Lipinski definition) is 1. The van der Waals surface area contributed by atoms with E-state index in [0.717, 1.165) is 11.1 Å². The highest BCUT2D eigenvalue weighted by atomic mass is 31.2. The van der Waals surface area contributed by atoms with Crippen LogP contribution < -0.4 is 14.7 Å². The Morgan fingerprint density at radius 1 is 0.763 bits per heavy atom. The monoisotopic (exact) mass is 528 g/mol. The van der Waals surface area contributed by atoms with Gasteiger partial charge in [0.2, 0.25) is 0 Å². The predicted molar refractivity (Wildman–Crippen MR) is 146 cm³/mol. The molecule has 0 fully saturated rings. The van der Waals surface area contributed by atoms with Crippen LogP contribution in [0.3, 0.4) is 0 Å². The molecule has 0 aliphatic carbocycles. The van der Waals surface area contributed by atoms with E-state index in [4.69, 9.17) is 22.7 Å². The third-order valence-corrected chi connectivity index (χ3v) is 6.74. The first-order valence-electron chi connectivity index (χ1n) is 11.9. The minimum Gasteiger partial charge on any atom is -0.507 e. The molecule has 0 saturated carbocycles. The van der Waals surface area contributed by atoms with Crippen molar-refractivity contribution in [3.63, 3.8) is 0 Å². The van der Waals surface area contributed by atoms with Crippen LogP contribution >= 0.6 is 8.60 Å². The highest BCUT2D eigenvalue weighted by Crippen LogP contribution is 2.44. The third kappa shape index (κ3) is 6.21. The van der Waals surface area contributed by atoms with E-state index in [0.29, 0.717) is 17.1 Å². The Kier molecular flexibility index (Phi) is 8.00. The van der Waals surface area contributed by atoms with Gasteiger partial charge in [-0.3, -0.25) is 13.8 Å². The molecule has 0 atom stereocenters. The van der Waals surface area contributed by atoms with E-state index in [1.165, 1.54) is 12.1 Å². The number of hydrogen-bond acceptors (Lipinski definition) is 7. The molecule has 192 valence electrons. The molecule has 38 heavy (non-hydrogen) atoms. The van der Waals surface area contributed by atoms with Gasteiger partial charge in [0.05, 0.1) is 20.3 Å². The van der Waals surface area contributed by atoms with E-state index in [1.807, 2.05) is 60.7 Å². The number of ether oxygens (including phenoxy) is 1. The Bertz CT molecular complexity index is 1510. The zero-order chi connectivity index (χ0) is 26.3. The van der Waals surface area contributed by atoms with Crippen molar-refractivity contribution < 1.29 is 27.8 Å². The fourth-order valence-corrected chi connectivity index (χ4v) is 4.74. The summed E-state index contributed by atoms with van der Waals surface area (Å²) in [5.41, 5.74) is 2.42. The van der Waals surface area contributed by atoms with E-state index in [1.54, 1.807) is 37.4 Å². The van der Waals surface area contributed by atoms with Crippen molar-refractivity contribution in [2.45, 2.75) is 13.2 Å². The molecule has 5 aromatic rings. The molecular weight excluding hydrogens is 503 g/mol. The van der Waals surface area contributed by atoms with Gasteiger partial charge in [0, 0.05) is 23.8 Å². The van der Waals surface area contributed by atoms with Gasteiger partial charge in [0.15, 0.2) is 5.43 Å². The molecule has 1 aromatic heterocycles. The summed E-state index contributed by atoms with van der Waals surface area (Å²) in [5.74, 6) is 1.03. The smallest absolute Gasteiger partial charge is 0.397 e. The lowest BCUT2D eigenvalue weighted by atomic mass is 10.1. The molecule has 0 unspecified atom stereocenters. The second kappa shape index (κ2) is 11.9. The van der Waals surface area contributed by atoms with Gasteiger partial charge in [-0.05, 0) is 35.4 Å².